The van der Waals surface area contributed by atoms with Crippen molar-refractivity contribution < 1.29 is 9.59 Å². The normalized spacial score (nSPS) is 21.1. The maximum Gasteiger partial charge on any atom is 0.324 e. The van der Waals surface area contributed by atoms with Crippen molar-refractivity contribution in [3.63, 3.8) is 0 Å². The van der Waals surface area contributed by atoms with Gasteiger partial charge in [0.05, 0.1) is 0 Å². The average Bonchev–Trinajstić information content (AvgIpc) is 2.17. The molecule has 0 spiro atoms. The maximum atomic E-state index is 11.5. The van der Waals surface area contributed by atoms with E-state index in [2.05, 4.69) is 19.2 Å². The molecule has 0 bridgehead atoms. The van der Waals surface area contributed by atoms with Crippen molar-refractivity contribution in [1.29, 1.82) is 0 Å². The number of carbonyl (C=O) groups excluding carboxylic acids is 2. The number of nitrogens with zero attached hydrogens (tertiary/aromatic N) is 1. The molecule has 0 aliphatic carbocycles. The predicted octanol–water partition coefficient (Wildman–Crippen LogP) is 1.75. The van der Waals surface area contributed by atoms with E-state index in [9.17, 15) is 9.59 Å². The third kappa shape index (κ3) is 3.22. The van der Waals surface area contributed by atoms with Gasteiger partial charge in [0.25, 0.3) is 0 Å². The Balaban J connectivity index is 2.48. The standard InChI is InChI=1S/C11H20N2O2/c1-4-8(2)7-9(3)13-6-5-10(14)12-11(13)15/h8-9H,4-7H2,1-3H3,(H,12,14,15). The number of amides is 3. The monoisotopic (exact) mass is 212 g/mol. The van der Waals surface area contributed by atoms with Crippen LogP contribution in [-0.2, 0) is 4.79 Å². The van der Waals surface area contributed by atoms with Gasteiger partial charge in [-0.1, -0.05) is 20.3 Å². The SMILES string of the molecule is CCC(C)CC(C)N1CCC(=O)NC1=O. The molecule has 15 heavy (non-hydrogen) atoms. The molecule has 0 aromatic heterocycles. The van der Waals surface area contributed by atoms with Gasteiger partial charge in [0.2, 0.25) is 5.91 Å². The van der Waals surface area contributed by atoms with Gasteiger partial charge in [0.1, 0.15) is 0 Å². The van der Waals surface area contributed by atoms with Gasteiger partial charge in [-0.3, -0.25) is 10.1 Å². The number of carbonyl (C=O) groups is 2. The van der Waals surface area contributed by atoms with E-state index in [1.165, 1.54) is 0 Å². The molecule has 4 nitrogen and oxygen atoms in total. The van der Waals surface area contributed by atoms with E-state index in [1.54, 1.807) is 4.90 Å². The van der Waals surface area contributed by atoms with Crippen LogP contribution in [0.15, 0.2) is 0 Å². The fourth-order valence-electron chi connectivity index (χ4n) is 1.87. The zero-order valence-corrected chi connectivity index (χ0v) is 9.75. The molecule has 1 aliphatic heterocycles. The second kappa shape index (κ2) is 5.14. The fraction of sp³-hybridized carbons (Fsp3) is 0.818. The lowest BCUT2D eigenvalue weighted by Gasteiger charge is -2.33. The van der Waals surface area contributed by atoms with E-state index in [4.69, 9.17) is 0 Å². The lowest BCUT2D eigenvalue weighted by molar-refractivity contribution is -0.121. The maximum absolute atomic E-state index is 11.5. The van der Waals surface area contributed by atoms with Crippen LogP contribution in [0.2, 0.25) is 0 Å². The van der Waals surface area contributed by atoms with Crippen LogP contribution in [0.3, 0.4) is 0 Å². The molecule has 1 fully saturated rings. The van der Waals surface area contributed by atoms with Crippen LogP contribution in [0.5, 0.6) is 0 Å². The van der Waals surface area contributed by atoms with Crippen molar-refractivity contribution in [3.8, 4) is 0 Å². The molecule has 0 aromatic carbocycles. The molecule has 1 heterocycles. The minimum Gasteiger partial charge on any atom is -0.321 e. The minimum absolute atomic E-state index is 0.160. The second-order valence-corrected chi connectivity index (χ2v) is 4.39. The molecular weight excluding hydrogens is 192 g/mol. The van der Waals surface area contributed by atoms with Crippen molar-refractivity contribution >= 4 is 11.9 Å². The highest BCUT2D eigenvalue weighted by molar-refractivity contribution is 5.96. The van der Waals surface area contributed by atoms with Gasteiger partial charge in [-0.25, -0.2) is 4.79 Å². The van der Waals surface area contributed by atoms with Crippen molar-refractivity contribution in [2.75, 3.05) is 6.54 Å². The summed E-state index contributed by atoms with van der Waals surface area (Å²) in [6.07, 6.45) is 2.55. The highest BCUT2D eigenvalue weighted by Gasteiger charge is 2.27. The summed E-state index contributed by atoms with van der Waals surface area (Å²) < 4.78 is 0. The summed E-state index contributed by atoms with van der Waals surface area (Å²) in [5, 5.41) is 2.35. The second-order valence-electron chi connectivity index (χ2n) is 4.39. The van der Waals surface area contributed by atoms with E-state index in [0.29, 0.717) is 18.9 Å². The number of hydrogen-bond acceptors (Lipinski definition) is 2. The number of imide groups is 1. The predicted molar refractivity (Wildman–Crippen MR) is 58.4 cm³/mol. The first-order valence-electron chi connectivity index (χ1n) is 5.65. The van der Waals surface area contributed by atoms with Crippen LogP contribution in [0.4, 0.5) is 4.79 Å². The third-order valence-electron chi connectivity index (χ3n) is 3.06. The molecule has 2 atom stereocenters. The Kier molecular flexibility index (Phi) is 4.12. The molecule has 1 aliphatic rings. The molecule has 0 aromatic rings. The number of rotatable bonds is 4. The van der Waals surface area contributed by atoms with Gasteiger partial charge in [0.15, 0.2) is 0 Å². The van der Waals surface area contributed by atoms with Gasteiger partial charge in [-0.05, 0) is 19.3 Å². The topological polar surface area (TPSA) is 49.4 Å². The van der Waals surface area contributed by atoms with E-state index < -0.39 is 0 Å². The lowest BCUT2D eigenvalue weighted by atomic mass is 9.99. The summed E-state index contributed by atoms with van der Waals surface area (Å²) in [5.74, 6) is 0.456. The Labute approximate surface area is 91.0 Å². The molecule has 86 valence electrons. The zero-order valence-electron chi connectivity index (χ0n) is 9.75. The smallest absolute Gasteiger partial charge is 0.321 e. The van der Waals surface area contributed by atoms with E-state index in [1.807, 2.05) is 6.92 Å². The Hall–Kier alpha value is -1.06. The largest absolute Gasteiger partial charge is 0.324 e. The van der Waals surface area contributed by atoms with Gasteiger partial charge < -0.3 is 4.90 Å². The molecule has 2 unspecified atom stereocenters. The first-order valence-corrected chi connectivity index (χ1v) is 5.65. The number of urea groups is 1. The summed E-state index contributed by atoms with van der Waals surface area (Å²) in [7, 11) is 0. The van der Waals surface area contributed by atoms with Crippen LogP contribution in [0, 0.1) is 5.92 Å². The first kappa shape index (κ1) is 12.0. The molecule has 3 amide bonds. The Morgan fingerprint density at radius 3 is 2.60 bits per heavy atom. The summed E-state index contributed by atoms with van der Waals surface area (Å²) in [6, 6.07) is -0.0184. The lowest BCUT2D eigenvalue weighted by Crippen LogP contribution is -2.53. The molecule has 0 radical (unpaired) electrons. The zero-order chi connectivity index (χ0) is 11.4. The number of nitrogens with one attached hydrogen (secondary N) is 1. The van der Waals surface area contributed by atoms with E-state index in [-0.39, 0.29) is 18.0 Å². The molecule has 4 heteroatoms. The quantitative estimate of drug-likeness (QED) is 0.771. The van der Waals surface area contributed by atoms with Gasteiger partial charge in [-0.15, -0.1) is 0 Å². The van der Waals surface area contributed by atoms with Crippen LogP contribution < -0.4 is 5.32 Å². The molecule has 1 rings (SSSR count). The van der Waals surface area contributed by atoms with Crippen molar-refractivity contribution in [2.45, 2.75) is 46.1 Å². The van der Waals surface area contributed by atoms with Gasteiger partial charge >= 0.3 is 6.03 Å². The number of hydrogen-bond donors (Lipinski definition) is 1. The molecule has 1 saturated heterocycles. The highest BCUT2D eigenvalue weighted by atomic mass is 16.2. The molecule has 0 saturated carbocycles. The van der Waals surface area contributed by atoms with E-state index >= 15 is 0 Å². The first-order chi connectivity index (χ1) is 7.04. The average molecular weight is 212 g/mol. The van der Waals surface area contributed by atoms with Crippen LogP contribution in [0.25, 0.3) is 0 Å². The Morgan fingerprint density at radius 2 is 2.07 bits per heavy atom. The minimum atomic E-state index is -0.234. The highest BCUT2D eigenvalue weighted by Crippen LogP contribution is 2.16. The van der Waals surface area contributed by atoms with Gasteiger partial charge in [0, 0.05) is 19.0 Å². The van der Waals surface area contributed by atoms with Crippen LogP contribution >= 0.6 is 0 Å². The Bertz CT molecular complexity index is 253. The summed E-state index contributed by atoms with van der Waals surface area (Å²) >= 11 is 0. The summed E-state index contributed by atoms with van der Waals surface area (Å²) in [5.41, 5.74) is 0. The van der Waals surface area contributed by atoms with Crippen LogP contribution in [0.1, 0.15) is 40.0 Å². The summed E-state index contributed by atoms with van der Waals surface area (Å²) in [6.45, 7) is 6.94. The third-order valence-corrected chi connectivity index (χ3v) is 3.06. The molecular formula is C11H20N2O2. The van der Waals surface area contributed by atoms with Crippen LogP contribution in [-0.4, -0.2) is 29.4 Å². The van der Waals surface area contributed by atoms with Gasteiger partial charge in [-0.2, -0.15) is 0 Å². The van der Waals surface area contributed by atoms with E-state index in [0.717, 1.165) is 12.8 Å². The van der Waals surface area contributed by atoms with Crippen molar-refractivity contribution in [2.24, 2.45) is 5.92 Å². The van der Waals surface area contributed by atoms with Crippen molar-refractivity contribution in [3.05, 3.63) is 0 Å². The molecule has 1 N–H and O–H groups in total. The fourth-order valence-corrected chi connectivity index (χ4v) is 1.87. The Morgan fingerprint density at radius 1 is 1.40 bits per heavy atom. The van der Waals surface area contributed by atoms with Crippen molar-refractivity contribution in [1.82, 2.24) is 10.2 Å². The summed E-state index contributed by atoms with van der Waals surface area (Å²) in [4.78, 5) is 24.2.